The number of nitrogens with zero attached hydrogens (tertiary/aromatic N) is 2. The largest absolute Gasteiger partial charge is 0.473 e. The topological polar surface area (TPSA) is 227 Å². The molecule has 0 amide bonds. The summed E-state index contributed by atoms with van der Waals surface area (Å²) in [7, 11) is 0. The van der Waals surface area contributed by atoms with Crippen molar-refractivity contribution in [3.8, 4) is 0 Å². The number of hydrogen-bond acceptors (Lipinski definition) is 10. The predicted octanol–water partition coefficient (Wildman–Crippen LogP) is -2.74. The van der Waals surface area contributed by atoms with Crippen molar-refractivity contribution in [1.29, 1.82) is 0 Å². The maximum absolute atomic E-state index is 9.10. The third-order valence-corrected chi connectivity index (χ3v) is 3.69. The smallest absolute Gasteiger partial charge is 0.414 e. The first-order valence-corrected chi connectivity index (χ1v) is 9.27. The Bertz CT molecular complexity index is 481. The lowest BCUT2D eigenvalue weighted by atomic mass is 10.2. The van der Waals surface area contributed by atoms with Gasteiger partial charge in [0.05, 0.1) is 12.1 Å². The molecule has 0 radical (unpaired) electrons. The molecule has 0 aromatic heterocycles. The van der Waals surface area contributed by atoms with Gasteiger partial charge in [-0.3, -0.25) is 9.98 Å². The third kappa shape index (κ3) is 12.2. The standard InChI is InChI=1S/2C7H16N4.C2H2O4/c2*8-3-2-6(9)7-10-4-1-5-11-7;3-1(4)2(5)6/h2*6H,1-5,8-9H2,(H,10,11);(H,3,4)(H,5,6). The SMILES string of the molecule is NCCC(N)C1=NCCCN1.NCCC(N)C1=NCCCN1.O=C(O)C(=O)O. The average Bonchev–Trinajstić information content (AvgIpc) is 2.70. The molecule has 0 fully saturated rings. The van der Waals surface area contributed by atoms with Crippen molar-refractivity contribution in [1.82, 2.24) is 10.6 Å². The fourth-order valence-electron chi connectivity index (χ4n) is 2.23. The van der Waals surface area contributed by atoms with Crippen LogP contribution in [0.5, 0.6) is 0 Å². The summed E-state index contributed by atoms with van der Waals surface area (Å²) >= 11 is 0. The molecule has 12 nitrogen and oxygen atoms in total. The second-order valence-electron chi connectivity index (χ2n) is 6.07. The van der Waals surface area contributed by atoms with Gasteiger partial charge in [-0.1, -0.05) is 0 Å². The summed E-state index contributed by atoms with van der Waals surface area (Å²) in [5.41, 5.74) is 22.3. The number of carboxylic acid groups (broad SMARTS) is 2. The molecule has 0 bridgehead atoms. The number of carboxylic acids is 2. The van der Waals surface area contributed by atoms with E-state index in [1.54, 1.807) is 0 Å². The van der Waals surface area contributed by atoms with Crippen LogP contribution in [0.15, 0.2) is 9.98 Å². The minimum Gasteiger partial charge on any atom is -0.473 e. The Labute approximate surface area is 164 Å². The van der Waals surface area contributed by atoms with Crippen LogP contribution < -0.4 is 33.6 Å². The number of carbonyl (C=O) groups is 2. The molecule has 2 rings (SSSR count). The first-order chi connectivity index (χ1) is 13.3. The number of aliphatic carboxylic acids is 2. The van der Waals surface area contributed by atoms with Crippen LogP contribution >= 0.6 is 0 Å². The van der Waals surface area contributed by atoms with Gasteiger partial charge in [-0.15, -0.1) is 0 Å². The molecule has 0 saturated heterocycles. The number of hydrogen-bond donors (Lipinski definition) is 8. The van der Waals surface area contributed by atoms with E-state index in [0.29, 0.717) is 13.1 Å². The lowest BCUT2D eigenvalue weighted by Crippen LogP contribution is -2.44. The monoisotopic (exact) mass is 402 g/mol. The number of amidine groups is 2. The molecule has 0 aliphatic carbocycles. The van der Waals surface area contributed by atoms with Gasteiger partial charge in [0, 0.05) is 26.2 Å². The first kappa shape index (κ1) is 25.7. The zero-order chi connectivity index (χ0) is 21.4. The van der Waals surface area contributed by atoms with Gasteiger partial charge in [-0.2, -0.15) is 0 Å². The van der Waals surface area contributed by atoms with E-state index in [0.717, 1.165) is 63.5 Å². The van der Waals surface area contributed by atoms with Gasteiger partial charge in [0.2, 0.25) is 0 Å². The molecule has 2 aliphatic heterocycles. The van der Waals surface area contributed by atoms with Crippen LogP contribution in [0.2, 0.25) is 0 Å². The summed E-state index contributed by atoms with van der Waals surface area (Å²) in [4.78, 5) is 26.7. The Balaban J connectivity index is 0.000000411. The molecule has 2 atom stereocenters. The Hall–Kier alpha value is -2.28. The minimum absolute atomic E-state index is 0.0142. The predicted molar refractivity (Wildman–Crippen MR) is 108 cm³/mol. The molecule has 162 valence electrons. The van der Waals surface area contributed by atoms with Crippen molar-refractivity contribution in [3.05, 3.63) is 0 Å². The lowest BCUT2D eigenvalue weighted by molar-refractivity contribution is -0.159. The van der Waals surface area contributed by atoms with Crippen LogP contribution in [-0.2, 0) is 9.59 Å². The summed E-state index contributed by atoms with van der Waals surface area (Å²) in [6, 6.07) is 0.0283. The molecule has 2 unspecified atom stereocenters. The van der Waals surface area contributed by atoms with Crippen LogP contribution in [0.1, 0.15) is 25.7 Å². The van der Waals surface area contributed by atoms with Gasteiger partial charge < -0.3 is 43.8 Å². The van der Waals surface area contributed by atoms with Gasteiger partial charge in [0.1, 0.15) is 11.7 Å². The van der Waals surface area contributed by atoms with Crippen LogP contribution in [0.3, 0.4) is 0 Å². The lowest BCUT2D eigenvalue weighted by Gasteiger charge is -2.19. The van der Waals surface area contributed by atoms with E-state index in [2.05, 4.69) is 20.6 Å². The van der Waals surface area contributed by atoms with E-state index in [1.807, 2.05) is 0 Å². The molecule has 2 heterocycles. The maximum atomic E-state index is 9.10. The molecular formula is C16H34N8O4. The van der Waals surface area contributed by atoms with Gasteiger partial charge in [-0.25, -0.2) is 9.59 Å². The minimum atomic E-state index is -1.82. The third-order valence-electron chi connectivity index (χ3n) is 3.69. The maximum Gasteiger partial charge on any atom is 0.414 e. The van der Waals surface area contributed by atoms with E-state index in [9.17, 15) is 0 Å². The Kier molecular flexibility index (Phi) is 14.5. The van der Waals surface area contributed by atoms with E-state index >= 15 is 0 Å². The number of rotatable bonds is 6. The molecule has 12 heteroatoms. The van der Waals surface area contributed by atoms with Crippen molar-refractivity contribution in [2.24, 2.45) is 32.9 Å². The summed E-state index contributed by atoms with van der Waals surface area (Å²) in [6.45, 7) is 5.05. The highest BCUT2D eigenvalue weighted by molar-refractivity contribution is 6.27. The van der Waals surface area contributed by atoms with Gasteiger partial charge in [-0.05, 0) is 38.8 Å². The highest BCUT2D eigenvalue weighted by Crippen LogP contribution is 1.96. The first-order valence-electron chi connectivity index (χ1n) is 9.27. The summed E-state index contributed by atoms with van der Waals surface area (Å²) in [6.07, 6.45) is 3.84. The van der Waals surface area contributed by atoms with Crippen molar-refractivity contribution < 1.29 is 19.8 Å². The summed E-state index contributed by atoms with van der Waals surface area (Å²) in [5.74, 6) is -1.78. The van der Waals surface area contributed by atoms with Crippen LogP contribution in [0.4, 0.5) is 0 Å². The molecule has 2 aliphatic rings. The number of nitrogens with one attached hydrogen (secondary N) is 2. The molecule has 12 N–H and O–H groups in total. The highest BCUT2D eigenvalue weighted by Gasteiger charge is 2.12. The van der Waals surface area contributed by atoms with Crippen molar-refractivity contribution in [3.63, 3.8) is 0 Å². The fraction of sp³-hybridized carbons (Fsp3) is 0.750. The van der Waals surface area contributed by atoms with Crippen molar-refractivity contribution in [2.45, 2.75) is 37.8 Å². The normalized spacial score (nSPS) is 17.6. The van der Waals surface area contributed by atoms with Crippen LogP contribution in [0, 0.1) is 0 Å². The fourth-order valence-corrected chi connectivity index (χ4v) is 2.23. The Morgan fingerprint density at radius 2 is 1.21 bits per heavy atom. The van der Waals surface area contributed by atoms with Crippen LogP contribution in [-0.4, -0.2) is 85.2 Å². The molecule has 28 heavy (non-hydrogen) atoms. The van der Waals surface area contributed by atoms with Crippen LogP contribution in [0.25, 0.3) is 0 Å². The van der Waals surface area contributed by atoms with Gasteiger partial charge in [0.15, 0.2) is 0 Å². The molecule has 0 aromatic carbocycles. The molecule has 0 aromatic rings. The number of aliphatic imine (C=N–C) groups is 2. The Morgan fingerprint density at radius 3 is 1.43 bits per heavy atom. The number of nitrogens with two attached hydrogens (primary N) is 4. The summed E-state index contributed by atoms with van der Waals surface area (Å²) in [5, 5.41) is 21.1. The molecular weight excluding hydrogens is 368 g/mol. The average molecular weight is 403 g/mol. The second kappa shape index (κ2) is 15.7. The van der Waals surface area contributed by atoms with Crippen molar-refractivity contribution in [2.75, 3.05) is 39.3 Å². The van der Waals surface area contributed by atoms with Crippen molar-refractivity contribution >= 4 is 23.6 Å². The van der Waals surface area contributed by atoms with E-state index < -0.39 is 11.9 Å². The van der Waals surface area contributed by atoms with Gasteiger partial charge >= 0.3 is 11.9 Å². The molecule has 0 spiro atoms. The zero-order valence-electron chi connectivity index (χ0n) is 16.1. The second-order valence-corrected chi connectivity index (χ2v) is 6.07. The van der Waals surface area contributed by atoms with E-state index in [4.69, 9.17) is 42.7 Å². The van der Waals surface area contributed by atoms with E-state index in [-0.39, 0.29) is 12.1 Å². The quantitative estimate of drug-likeness (QED) is 0.214. The van der Waals surface area contributed by atoms with Gasteiger partial charge in [0.25, 0.3) is 0 Å². The zero-order valence-corrected chi connectivity index (χ0v) is 16.1. The highest BCUT2D eigenvalue weighted by atomic mass is 16.4. The Morgan fingerprint density at radius 1 is 0.857 bits per heavy atom. The van der Waals surface area contributed by atoms with E-state index in [1.165, 1.54) is 0 Å². The summed E-state index contributed by atoms with van der Waals surface area (Å²) < 4.78 is 0. The molecule has 0 saturated carbocycles.